The number of unbranched alkanes of at least 4 members (excludes halogenated alkanes) is 14. The first-order chi connectivity index (χ1) is 19.4. The maximum atomic E-state index is 11.1. The third kappa shape index (κ3) is 23.3. The molecule has 6 N–H and O–H groups in total. The number of aliphatic hydroxyl groups excluding tert-OH is 2. The summed E-state index contributed by atoms with van der Waals surface area (Å²) in [6, 6.07) is 0. The van der Waals surface area contributed by atoms with Gasteiger partial charge in [-0.1, -0.05) is 130 Å². The quantitative estimate of drug-likeness (QED) is 0.0704. The summed E-state index contributed by atoms with van der Waals surface area (Å²) in [6.07, 6.45) is 22.5. The van der Waals surface area contributed by atoms with E-state index in [4.69, 9.17) is 11.5 Å². The minimum Gasteiger partial charge on any atom is -0.392 e. The van der Waals surface area contributed by atoms with Gasteiger partial charge >= 0.3 is 0 Å². The van der Waals surface area contributed by atoms with Gasteiger partial charge in [-0.15, -0.1) is 0 Å². The summed E-state index contributed by atoms with van der Waals surface area (Å²) in [4.78, 5) is 4.60. The molecule has 242 valence electrons. The summed E-state index contributed by atoms with van der Waals surface area (Å²) in [5.74, 6) is 0.553. The normalized spacial score (nSPS) is 15.2. The van der Waals surface area contributed by atoms with Crippen molar-refractivity contribution in [2.75, 3.05) is 52.4 Å². The number of rotatable bonds is 31. The average molecular weight is 571 g/mol. The predicted molar refractivity (Wildman–Crippen MR) is 176 cm³/mol. The molecule has 0 rings (SSSR count). The van der Waals surface area contributed by atoms with Crippen molar-refractivity contribution in [3.05, 3.63) is 0 Å². The average Bonchev–Trinajstić information content (AvgIpc) is 2.94. The second-order valence-corrected chi connectivity index (χ2v) is 12.8. The number of hydrogen-bond donors (Lipinski definition) is 4. The van der Waals surface area contributed by atoms with Gasteiger partial charge in [0.15, 0.2) is 0 Å². The molecular weight excluding hydrogens is 496 g/mol. The second-order valence-electron chi connectivity index (χ2n) is 12.8. The van der Waals surface area contributed by atoms with Gasteiger partial charge in [0.25, 0.3) is 0 Å². The molecule has 40 heavy (non-hydrogen) atoms. The van der Waals surface area contributed by atoms with Gasteiger partial charge < -0.3 is 21.7 Å². The van der Waals surface area contributed by atoms with Crippen LogP contribution in [0, 0.1) is 11.8 Å². The largest absolute Gasteiger partial charge is 0.392 e. The van der Waals surface area contributed by atoms with Crippen LogP contribution in [0.1, 0.15) is 143 Å². The van der Waals surface area contributed by atoms with Crippen LogP contribution in [0.15, 0.2) is 0 Å². The van der Waals surface area contributed by atoms with Crippen molar-refractivity contribution in [2.24, 2.45) is 23.3 Å². The summed E-state index contributed by atoms with van der Waals surface area (Å²) >= 11 is 0. The molecule has 4 atom stereocenters. The van der Waals surface area contributed by atoms with Crippen molar-refractivity contribution in [1.82, 2.24) is 9.80 Å². The van der Waals surface area contributed by atoms with Gasteiger partial charge in [0.05, 0.1) is 12.2 Å². The van der Waals surface area contributed by atoms with Crippen LogP contribution in [0.25, 0.3) is 0 Å². The Balaban J connectivity index is 4.65. The Morgan fingerprint density at radius 2 is 0.800 bits per heavy atom. The van der Waals surface area contributed by atoms with E-state index < -0.39 is 0 Å². The highest BCUT2D eigenvalue weighted by atomic mass is 16.3. The van der Waals surface area contributed by atoms with E-state index in [1.54, 1.807) is 0 Å². The minimum absolute atomic E-state index is 0.277. The summed E-state index contributed by atoms with van der Waals surface area (Å²) in [5.41, 5.74) is 11.7. The van der Waals surface area contributed by atoms with Crippen molar-refractivity contribution in [2.45, 2.75) is 155 Å². The molecular formula is C34H74N4O2. The van der Waals surface area contributed by atoms with Crippen molar-refractivity contribution in [3.63, 3.8) is 0 Å². The van der Waals surface area contributed by atoms with Gasteiger partial charge in [0.1, 0.15) is 0 Å². The minimum atomic E-state index is -0.364. The SMILES string of the molecule is CCCCCCCCCCC(C)C(O)CN(CCN(CCN)CCN)CC(O)C(C)CCCCCCCCCC. The van der Waals surface area contributed by atoms with E-state index in [1.807, 2.05) is 0 Å². The Morgan fingerprint density at radius 3 is 1.15 bits per heavy atom. The van der Waals surface area contributed by atoms with E-state index in [1.165, 1.54) is 103 Å². The molecule has 4 unspecified atom stereocenters. The van der Waals surface area contributed by atoms with Gasteiger partial charge in [-0.2, -0.15) is 0 Å². The third-order valence-electron chi connectivity index (χ3n) is 8.85. The standard InChI is InChI=1S/C34H74N4O2/c1-5-7-9-11-13-15-17-19-21-31(3)33(39)29-38(28-27-37(25-23-35)26-24-36)30-34(40)32(4)22-20-18-16-14-12-10-8-6-2/h31-34,39-40H,5-30,35-36H2,1-4H3. The molecule has 0 bridgehead atoms. The first-order valence-electron chi connectivity index (χ1n) is 17.6. The lowest BCUT2D eigenvalue weighted by atomic mass is 9.94. The fourth-order valence-corrected chi connectivity index (χ4v) is 5.71. The van der Waals surface area contributed by atoms with Crippen molar-refractivity contribution >= 4 is 0 Å². The second kappa shape index (κ2) is 28.9. The van der Waals surface area contributed by atoms with E-state index in [0.717, 1.165) is 39.0 Å². The summed E-state index contributed by atoms with van der Waals surface area (Å²) in [5, 5.41) is 22.2. The third-order valence-corrected chi connectivity index (χ3v) is 8.85. The molecule has 0 aliphatic rings. The van der Waals surface area contributed by atoms with Crippen LogP contribution >= 0.6 is 0 Å². The Hall–Kier alpha value is -0.240. The first-order valence-corrected chi connectivity index (χ1v) is 17.6. The van der Waals surface area contributed by atoms with E-state index in [2.05, 4.69) is 37.5 Å². The summed E-state index contributed by atoms with van der Waals surface area (Å²) < 4.78 is 0. The van der Waals surface area contributed by atoms with Gasteiger partial charge in [-0.05, 0) is 24.7 Å². The zero-order valence-electron chi connectivity index (χ0n) is 27.6. The van der Waals surface area contributed by atoms with Crippen molar-refractivity contribution in [1.29, 1.82) is 0 Å². The fourth-order valence-electron chi connectivity index (χ4n) is 5.71. The lowest BCUT2D eigenvalue weighted by Gasteiger charge is -2.33. The van der Waals surface area contributed by atoms with Gasteiger partial charge in [0, 0.05) is 52.4 Å². The number of nitrogens with two attached hydrogens (primary N) is 2. The molecule has 0 aliphatic heterocycles. The van der Waals surface area contributed by atoms with Gasteiger partial charge in [-0.3, -0.25) is 9.80 Å². The monoisotopic (exact) mass is 571 g/mol. The molecule has 0 heterocycles. The van der Waals surface area contributed by atoms with Crippen molar-refractivity contribution in [3.8, 4) is 0 Å². The molecule has 0 aromatic carbocycles. The highest BCUT2D eigenvalue weighted by molar-refractivity contribution is 4.76. The maximum absolute atomic E-state index is 11.1. The number of nitrogens with zero attached hydrogens (tertiary/aromatic N) is 2. The van der Waals surface area contributed by atoms with Crippen LogP contribution in [0.4, 0.5) is 0 Å². The predicted octanol–water partition coefficient (Wildman–Crippen LogP) is 6.56. The van der Waals surface area contributed by atoms with Crippen LogP contribution < -0.4 is 11.5 Å². The molecule has 0 aromatic rings. The summed E-state index contributed by atoms with van der Waals surface area (Å²) in [6.45, 7) is 14.8. The fraction of sp³-hybridized carbons (Fsp3) is 1.00. The molecule has 0 aromatic heterocycles. The lowest BCUT2D eigenvalue weighted by Crippen LogP contribution is -2.46. The van der Waals surface area contributed by atoms with Crippen LogP contribution in [0.2, 0.25) is 0 Å². The first kappa shape index (κ1) is 39.8. The Bertz CT molecular complexity index is 470. The zero-order valence-corrected chi connectivity index (χ0v) is 27.6. The highest BCUT2D eigenvalue weighted by Gasteiger charge is 2.23. The molecule has 6 heteroatoms. The van der Waals surface area contributed by atoms with E-state index in [0.29, 0.717) is 26.2 Å². The van der Waals surface area contributed by atoms with Crippen LogP contribution in [0.5, 0.6) is 0 Å². The Kier molecular flexibility index (Phi) is 28.7. The molecule has 6 nitrogen and oxygen atoms in total. The van der Waals surface area contributed by atoms with E-state index >= 15 is 0 Å². The van der Waals surface area contributed by atoms with E-state index in [-0.39, 0.29) is 24.0 Å². The topological polar surface area (TPSA) is 99.0 Å². The highest BCUT2D eigenvalue weighted by Crippen LogP contribution is 2.19. The number of aliphatic hydroxyl groups is 2. The smallest absolute Gasteiger partial charge is 0.0692 e. The Labute approximate surface area is 251 Å². The van der Waals surface area contributed by atoms with E-state index in [9.17, 15) is 10.2 Å². The molecule has 0 radical (unpaired) electrons. The maximum Gasteiger partial charge on any atom is 0.0692 e. The molecule has 0 saturated heterocycles. The molecule has 0 spiro atoms. The number of hydrogen-bond acceptors (Lipinski definition) is 6. The van der Waals surface area contributed by atoms with Crippen LogP contribution in [-0.2, 0) is 0 Å². The molecule has 0 saturated carbocycles. The lowest BCUT2D eigenvalue weighted by molar-refractivity contribution is 0.0220. The van der Waals surface area contributed by atoms with Crippen LogP contribution in [0.3, 0.4) is 0 Å². The zero-order chi connectivity index (χ0) is 29.8. The molecule has 0 fully saturated rings. The van der Waals surface area contributed by atoms with Gasteiger partial charge in [0.2, 0.25) is 0 Å². The Morgan fingerprint density at radius 1 is 0.475 bits per heavy atom. The van der Waals surface area contributed by atoms with Gasteiger partial charge in [-0.25, -0.2) is 0 Å². The molecule has 0 amide bonds. The van der Waals surface area contributed by atoms with Crippen LogP contribution in [-0.4, -0.2) is 84.6 Å². The molecule has 0 aliphatic carbocycles. The van der Waals surface area contributed by atoms with Crippen molar-refractivity contribution < 1.29 is 10.2 Å². The summed E-state index contributed by atoms with van der Waals surface area (Å²) in [7, 11) is 0.